The van der Waals surface area contributed by atoms with E-state index in [2.05, 4.69) is 40.8 Å². The van der Waals surface area contributed by atoms with E-state index >= 15 is 0 Å². The van der Waals surface area contributed by atoms with Crippen molar-refractivity contribution in [2.75, 3.05) is 0 Å². The molecule has 1 unspecified atom stereocenters. The number of aliphatic carboxylic acids is 1. The summed E-state index contributed by atoms with van der Waals surface area (Å²) in [6.07, 6.45) is 7.25. The second kappa shape index (κ2) is 12.7. The number of carboxylic acids is 1. The van der Waals surface area contributed by atoms with Crippen molar-refractivity contribution in [1.82, 2.24) is 0 Å². The average Bonchev–Trinajstić information content (AvgIpc) is 3.19. The van der Waals surface area contributed by atoms with Crippen LogP contribution in [0.25, 0.3) is 0 Å². The molecule has 1 saturated carbocycles. The number of unbranched alkanes of at least 4 members (excludes halogenated alkanes) is 1. The van der Waals surface area contributed by atoms with Gasteiger partial charge in [-0.1, -0.05) is 18.5 Å². The summed E-state index contributed by atoms with van der Waals surface area (Å²) < 4.78 is 1.12. The predicted molar refractivity (Wildman–Crippen MR) is 126 cm³/mol. The van der Waals surface area contributed by atoms with Crippen LogP contribution in [0.1, 0.15) is 48.3 Å². The van der Waals surface area contributed by atoms with E-state index in [1.165, 1.54) is 9.75 Å². The molecule has 1 aliphatic carbocycles. The summed E-state index contributed by atoms with van der Waals surface area (Å²) in [5.41, 5.74) is 0. The van der Waals surface area contributed by atoms with E-state index < -0.39 is 18.2 Å². The molecule has 0 saturated heterocycles. The standard InChI is InChI=1S/C23H30BBrO4S/c1-15-21(25)13-18(30-15)10-8-17(26)9-11-19-16(14-24)12-22(27)20(19)6-4-2-3-5-7-23(28)29/h9,11,13,16-17,19-20,22,26-27H,3,5-8,10,12,14H2,1H3,(H,28,29)/b11-9+/t16-,17-,19-,20+,22?/m0/s1. The molecule has 30 heavy (non-hydrogen) atoms. The molecule has 4 nitrogen and oxygen atoms in total. The Balaban J connectivity index is 1.90. The van der Waals surface area contributed by atoms with Gasteiger partial charge in [0.25, 0.3) is 0 Å². The molecule has 0 aromatic carbocycles. The highest BCUT2D eigenvalue weighted by atomic mass is 79.9. The molecule has 1 heterocycles. The fourth-order valence-corrected chi connectivity index (χ4v) is 5.58. The van der Waals surface area contributed by atoms with Gasteiger partial charge in [0.2, 0.25) is 0 Å². The van der Waals surface area contributed by atoms with Crippen molar-refractivity contribution in [3.8, 4) is 11.8 Å². The Labute approximate surface area is 193 Å². The lowest BCUT2D eigenvalue weighted by atomic mass is 9.80. The first-order chi connectivity index (χ1) is 14.3. The Morgan fingerprint density at radius 3 is 2.87 bits per heavy atom. The SMILES string of the molecule is [B]C[C@@H]1CC(O)[C@H](CC#CCCCC(=O)O)[C@H]1/C=C/[C@@H](O)CCc1cc(Br)c(C)s1. The second-order valence-electron chi connectivity index (χ2n) is 7.95. The van der Waals surface area contributed by atoms with Crippen molar-refractivity contribution in [3.63, 3.8) is 0 Å². The third kappa shape index (κ3) is 7.88. The fourth-order valence-electron chi connectivity index (χ4n) is 3.96. The number of aliphatic hydroxyl groups excluding tert-OH is 2. The van der Waals surface area contributed by atoms with E-state index in [0.717, 1.165) is 10.9 Å². The normalized spacial score (nSPS) is 24.7. The first-order valence-electron chi connectivity index (χ1n) is 10.5. The number of halogens is 1. The Bertz CT molecular complexity index is 762. The van der Waals surface area contributed by atoms with Crippen LogP contribution in [0.2, 0.25) is 6.32 Å². The van der Waals surface area contributed by atoms with Crippen molar-refractivity contribution in [2.45, 2.75) is 70.4 Å². The van der Waals surface area contributed by atoms with Gasteiger partial charge < -0.3 is 15.3 Å². The van der Waals surface area contributed by atoms with Crippen LogP contribution in [-0.2, 0) is 11.2 Å². The quantitative estimate of drug-likeness (QED) is 0.194. The summed E-state index contributed by atoms with van der Waals surface area (Å²) in [5, 5.41) is 29.6. The molecule has 0 bridgehead atoms. The summed E-state index contributed by atoms with van der Waals surface area (Å²) in [6, 6.07) is 2.11. The van der Waals surface area contributed by atoms with Crippen molar-refractivity contribution >= 4 is 41.1 Å². The fraction of sp³-hybridized carbons (Fsp3) is 0.609. The van der Waals surface area contributed by atoms with Crippen LogP contribution in [0.4, 0.5) is 0 Å². The minimum absolute atomic E-state index is 0.00938. The van der Waals surface area contributed by atoms with Crippen LogP contribution in [0.5, 0.6) is 0 Å². The van der Waals surface area contributed by atoms with Gasteiger partial charge in [0, 0.05) is 39.4 Å². The molecule has 0 aliphatic heterocycles. The van der Waals surface area contributed by atoms with Gasteiger partial charge in [-0.15, -0.1) is 23.2 Å². The first kappa shape index (κ1) is 25.2. The first-order valence-corrected chi connectivity index (χ1v) is 12.1. The van der Waals surface area contributed by atoms with Crippen molar-refractivity contribution < 1.29 is 20.1 Å². The van der Waals surface area contributed by atoms with Gasteiger partial charge in [-0.2, -0.15) is 0 Å². The topological polar surface area (TPSA) is 77.8 Å². The number of carbonyl (C=O) groups is 1. The maximum atomic E-state index is 10.5. The number of carboxylic acid groups (broad SMARTS) is 1. The largest absolute Gasteiger partial charge is 0.481 e. The van der Waals surface area contributed by atoms with Gasteiger partial charge in [-0.25, -0.2) is 0 Å². The number of rotatable bonds is 10. The van der Waals surface area contributed by atoms with E-state index in [9.17, 15) is 15.0 Å². The van der Waals surface area contributed by atoms with Gasteiger partial charge in [-0.05, 0) is 66.4 Å². The summed E-state index contributed by atoms with van der Waals surface area (Å²) in [5.74, 6) is 5.58. The highest BCUT2D eigenvalue weighted by molar-refractivity contribution is 9.10. The maximum absolute atomic E-state index is 10.5. The summed E-state index contributed by atoms with van der Waals surface area (Å²) in [6.45, 7) is 2.07. The molecular formula is C23H30BBrO4S. The third-order valence-corrected chi connectivity index (χ3v) is 7.88. The summed E-state index contributed by atoms with van der Waals surface area (Å²) in [7, 11) is 5.93. The molecule has 0 amide bonds. The van der Waals surface area contributed by atoms with E-state index in [-0.39, 0.29) is 24.2 Å². The van der Waals surface area contributed by atoms with E-state index in [0.29, 0.717) is 38.4 Å². The zero-order chi connectivity index (χ0) is 22.1. The smallest absolute Gasteiger partial charge is 0.303 e. The second-order valence-corrected chi connectivity index (χ2v) is 10.1. The minimum Gasteiger partial charge on any atom is -0.481 e. The van der Waals surface area contributed by atoms with Crippen LogP contribution in [-0.4, -0.2) is 41.3 Å². The molecule has 7 heteroatoms. The van der Waals surface area contributed by atoms with Gasteiger partial charge in [0.15, 0.2) is 0 Å². The molecule has 3 N–H and O–H groups in total. The Morgan fingerprint density at radius 1 is 1.47 bits per heavy atom. The van der Waals surface area contributed by atoms with Crippen molar-refractivity contribution in [2.24, 2.45) is 17.8 Å². The summed E-state index contributed by atoms with van der Waals surface area (Å²) >= 11 is 5.27. The number of thiophene rings is 1. The number of aliphatic hydroxyl groups is 2. The van der Waals surface area contributed by atoms with Gasteiger partial charge in [-0.3, -0.25) is 4.79 Å². The van der Waals surface area contributed by atoms with Crippen LogP contribution >= 0.6 is 27.3 Å². The number of hydrogen-bond donors (Lipinski definition) is 3. The molecule has 1 aromatic rings. The number of hydrogen-bond acceptors (Lipinski definition) is 4. The van der Waals surface area contributed by atoms with Crippen LogP contribution in [0, 0.1) is 36.5 Å². The number of allylic oxidation sites excluding steroid dienone is 1. The lowest BCUT2D eigenvalue weighted by Crippen LogP contribution is -2.19. The lowest BCUT2D eigenvalue weighted by Gasteiger charge is -2.21. The molecule has 1 aromatic heterocycles. The number of aryl methyl sites for hydroxylation is 2. The molecule has 5 atom stereocenters. The molecule has 2 radical (unpaired) electrons. The maximum Gasteiger partial charge on any atom is 0.303 e. The van der Waals surface area contributed by atoms with Crippen LogP contribution in [0.15, 0.2) is 22.7 Å². The molecule has 0 spiro atoms. The monoisotopic (exact) mass is 492 g/mol. The molecule has 1 fully saturated rings. The van der Waals surface area contributed by atoms with Crippen molar-refractivity contribution in [3.05, 3.63) is 32.4 Å². The minimum atomic E-state index is -0.806. The predicted octanol–water partition coefficient (Wildman–Crippen LogP) is 4.52. The average molecular weight is 493 g/mol. The highest BCUT2D eigenvalue weighted by Crippen LogP contribution is 2.41. The molecule has 2 rings (SSSR count). The molecule has 1 aliphatic rings. The third-order valence-electron chi connectivity index (χ3n) is 5.69. The zero-order valence-electron chi connectivity index (χ0n) is 17.4. The Hall–Kier alpha value is -1.07. The van der Waals surface area contributed by atoms with Gasteiger partial charge in [0.05, 0.1) is 20.1 Å². The van der Waals surface area contributed by atoms with Gasteiger partial charge >= 0.3 is 5.97 Å². The van der Waals surface area contributed by atoms with Crippen molar-refractivity contribution in [1.29, 1.82) is 0 Å². The highest BCUT2D eigenvalue weighted by Gasteiger charge is 2.39. The van der Waals surface area contributed by atoms with Crippen LogP contribution < -0.4 is 0 Å². The van der Waals surface area contributed by atoms with Gasteiger partial charge in [0.1, 0.15) is 0 Å². The van der Waals surface area contributed by atoms with E-state index in [1.807, 2.05) is 12.2 Å². The van der Waals surface area contributed by atoms with Crippen LogP contribution in [0.3, 0.4) is 0 Å². The Kier molecular flexibility index (Phi) is 10.7. The molecule has 162 valence electrons. The lowest BCUT2D eigenvalue weighted by molar-refractivity contribution is -0.137. The van der Waals surface area contributed by atoms with E-state index in [1.54, 1.807) is 11.3 Å². The summed E-state index contributed by atoms with van der Waals surface area (Å²) in [4.78, 5) is 13.0. The Morgan fingerprint density at radius 2 is 2.23 bits per heavy atom. The molecular weight excluding hydrogens is 463 g/mol. The van der Waals surface area contributed by atoms with E-state index in [4.69, 9.17) is 13.0 Å². The zero-order valence-corrected chi connectivity index (χ0v) is 19.8.